The van der Waals surface area contributed by atoms with Gasteiger partial charge in [-0.15, -0.1) is 0 Å². The van der Waals surface area contributed by atoms with E-state index < -0.39 is 0 Å². The number of carbonyl (C=O) groups excluding carboxylic acids is 2. The van der Waals surface area contributed by atoms with Crippen molar-refractivity contribution in [3.63, 3.8) is 0 Å². The van der Waals surface area contributed by atoms with E-state index >= 15 is 0 Å². The molecule has 0 radical (unpaired) electrons. The van der Waals surface area contributed by atoms with Gasteiger partial charge in [-0.2, -0.15) is 0 Å². The Kier molecular flexibility index (Phi) is 5.85. The molecule has 1 aliphatic heterocycles. The average molecular weight is 228 g/mol. The minimum absolute atomic E-state index is 0.0388. The molecule has 0 bridgehead atoms. The fourth-order valence-electron chi connectivity index (χ4n) is 1.74. The summed E-state index contributed by atoms with van der Waals surface area (Å²) in [7, 11) is 0. The first-order valence-electron chi connectivity index (χ1n) is 5.92. The highest BCUT2D eigenvalue weighted by Gasteiger charge is 2.26. The highest BCUT2D eigenvalue weighted by Crippen LogP contribution is 2.06. The van der Waals surface area contributed by atoms with Gasteiger partial charge >= 0.3 is 0 Å². The van der Waals surface area contributed by atoms with E-state index in [4.69, 9.17) is 5.11 Å². The number of aliphatic hydroxyl groups is 1. The second-order valence-electron chi connectivity index (χ2n) is 4.09. The molecule has 16 heavy (non-hydrogen) atoms. The number of carbonyl (C=O) groups is 2. The minimum Gasteiger partial charge on any atom is -0.396 e. The largest absolute Gasteiger partial charge is 0.396 e. The van der Waals surface area contributed by atoms with Crippen LogP contribution in [0.4, 0.5) is 0 Å². The standard InChI is InChI=1S/C11H20N2O3/c14-8-4-2-1-3-7-12-11(16)9-5-6-10(15)13-9/h9,14H,1-8H2,(H,12,16)(H,13,15)/t9-/m1/s1. The number of hydrogen-bond donors (Lipinski definition) is 3. The molecule has 0 aromatic carbocycles. The average Bonchev–Trinajstić information content (AvgIpc) is 2.70. The van der Waals surface area contributed by atoms with E-state index in [0.29, 0.717) is 19.4 Å². The van der Waals surface area contributed by atoms with Crippen molar-refractivity contribution in [1.82, 2.24) is 10.6 Å². The molecule has 5 nitrogen and oxygen atoms in total. The maximum atomic E-state index is 11.5. The second-order valence-corrected chi connectivity index (χ2v) is 4.09. The lowest BCUT2D eigenvalue weighted by molar-refractivity contribution is -0.125. The zero-order valence-corrected chi connectivity index (χ0v) is 9.50. The summed E-state index contributed by atoms with van der Waals surface area (Å²) in [6.45, 7) is 0.886. The van der Waals surface area contributed by atoms with Crippen molar-refractivity contribution in [3.8, 4) is 0 Å². The van der Waals surface area contributed by atoms with E-state index in [9.17, 15) is 9.59 Å². The van der Waals surface area contributed by atoms with Crippen LogP contribution in [0.3, 0.4) is 0 Å². The minimum atomic E-state index is -0.329. The van der Waals surface area contributed by atoms with Crippen molar-refractivity contribution < 1.29 is 14.7 Å². The summed E-state index contributed by atoms with van der Waals surface area (Å²) >= 11 is 0. The topological polar surface area (TPSA) is 78.4 Å². The van der Waals surface area contributed by atoms with Crippen molar-refractivity contribution in [1.29, 1.82) is 0 Å². The molecule has 0 spiro atoms. The lowest BCUT2D eigenvalue weighted by Crippen LogP contribution is -2.41. The van der Waals surface area contributed by atoms with E-state index in [0.717, 1.165) is 25.7 Å². The molecule has 1 aliphatic rings. The van der Waals surface area contributed by atoms with Crippen LogP contribution in [0.15, 0.2) is 0 Å². The van der Waals surface area contributed by atoms with Crippen LogP contribution in [-0.4, -0.2) is 36.1 Å². The molecule has 0 aromatic rings. The lowest BCUT2D eigenvalue weighted by atomic mass is 10.2. The summed E-state index contributed by atoms with van der Waals surface area (Å²) in [4.78, 5) is 22.4. The number of nitrogens with one attached hydrogen (secondary N) is 2. The number of hydrogen-bond acceptors (Lipinski definition) is 3. The first kappa shape index (κ1) is 13.0. The molecular weight excluding hydrogens is 208 g/mol. The van der Waals surface area contributed by atoms with Crippen LogP contribution in [-0.2, 0) is 9.59 Å². The van der Waals surface area contributed by atoms with E-state index in [1.54, 1.807) is 0 Å². The van der Waals surface area contributed by atoms with Gasteiger partial charge in [0, 0.05) is 19.6 Å². The molecule has 1 saturated heterocycles. The third-order valence-corrected chi connectivity index (χ3v) is 2.70. The van der Waals surface area contributed by atoms with E-state index in [1.165, 1.54) is 0 Å². The van der Waals surface area contributed by atoms with Crippen LogP contribution in [0.5, 0.6) is 0 Å². The molecule has 1 heterocycles. The van der Waals surface area contributed by atoms with E-state index in [-0.39, 0.29) is 24.5 Å². The van der Waals surface area contributed by atoms with Gasteiger partial charge < -0.3 is 15.7 Å². The quantitative estimate of drug-likeness (QED) is 0.534. The van der Waals surface area contributed by atoms with Gasteiger partial charge in [0.2, 0.25) is 11.8 Å². The zero-order valence-electron chi connectivity index (χ0n) is 9.50. The van der Waals surface area contributed by atoms with Crippen molar-refractivity contribution in [2.45, 2.75) is 44.6 Å². The molecule has 0 aliphatic carbocycles. The summed E-state index contributed by atoms with van der Waals surface area (Å²) in [5.41, 5.74) is 0. The SMILES string of the molecule is O=C1CC[C@H](C(=O)NCCCCCCO)N1. The number of aliphatic hydroxyl groups excluding tert-OH is 1. The van der Waals surface area contributed by atoms with Gasteiger partial charge in [-0.05, 0) is 19.3 Å². The third kappa shape index (κ3) is 4.61. The molecule has 1 rings (SSSR count). The zero-order chi connectivity index (χ0) is 11.8. The summed E-state index contributed by atoms with van der Waals surface area (Å²) in [6.07, 6.45) is 4.81. The molecular formula is C11H20N2O3. The molecule has 2 amide bonds. The molecule has 0 aromatic heterocycles. The van der Waals surface area contributed by atoms with Crippen LogP contribution in [0.2, 0.25) is 0 Å². The predicted molar refractivity (Wildman–Crippen MR) is 59.7 cm³/mol. The van der Waals surface area contributed by atoms with Gasteiger partial charge in [0.25, 0.3) is 0 Å². The molecule has 1 fully saturated rings. The summed E-state index contributed by atoms with van der Waals surface area (Å²) < 4.78 is 0. The van der Waals surface area contributed by atoms with Gasteiger partial charge in [0.1, 0.15) is 6.04 Å². The van der Waals surface area contributed by atoms with Gasteiger partial charge in [-0.25, -0.2) is 0 Å². The Balaban J connectivity index is 2.00. The number of unbranched alkanes of at least 4 members (excludes halogenated alkanes) is 3. The fraction of sp³-hybridized carbons (Fsp3) is 0.818. The van der Waals surface area contributed by atoms with Gasteiger partial charge in [-0.1, -0.05) is 12.8 Å². The van der Waals surface area contributed by atoms with Crippen LogP contribution < -0.4 is 10.6 Å². The molecule has 1 atom stereocenters. The monoisotopic (exact) mass is 228 g/mol. The smallest absolute Gasteiger partial charge is 0.242 e. The predicted octanol–water partition coefficient (Wildman–Crippen LogP) is -0.0661. The maximum absolute atomic E-state index is 11.5. The normalized spacial score (nSPS) is 19.6. The highest BCUT2D eigenvalue weighted by atomic mass is 16.3. The molecule has 92 valence electrons. The summed E-state index contributed by atoms with van der Waals surface area (Å²) in [5, 5.41) is 14.0. The summed E-state index contributed by atoms with van der Waals surface area (Å²) in [6, 6.07) is -0.329. The number of amides is 2. The fourth-order valence-corrected chi connectivity index (χ4v) is 1.74. The Morgan fingerprint density at radius 3 is 2.75 bits per heavy atom. The van der Waals surface area contributed by atoms with Crippen molar-refractivity contribution in [3.05, 3.63) is 0 Å². The van der Waals surface area contributed by atoms with Crippen molar-refractivity contribution in [2.24, 2.45) is 0 Å². The van der Waals surface area contributed by atoms with Crippen LogP contribution in [0, 0.1) is 0 Å². The molecule has 3 N–H and O–H groups in total. The van der Waals surface area contributed by atoms with Gasteiger partial charge in [-0.3, -0.25) is 9.59 Å². The third-order valence-electron chi connectivity index (χ3n) is 2.70. The Bertz CT molecular complexity index is 243. The first-order valence-corrected chi connectivity index (χ1v) is 5.92. The van der Waals surface area contributed by atoms with Gasteiger partial charge in [0.05, 0.1) is 0 Å². The molecule has 0 unspecified atom stereocenters. The Hall–Kier alpha value is -1.10. The Morgan fingerprint density at radius 1 is 1.38 bits per heavy atom. The Morgan fingerprint density at radius 2 is 2.12 bits per heavy atom. The molecule has 0 saturated carbocycles. The lowest BCUT2D eigenvalue weighted by Gasteiger charge is -2.10. The van der Waals surface area contributed by atoms with Crippen LogP contribution in [0.25, 0.3) is 0 Å². The first-order chi connectivity index (χ1) is 7.74. The Labute approximate surface area is 95.6 Å². The van der Waals surface area contributed by atoms with Crippen molar-refractivity contribution in [2.75, 3.05) is 13.2 Å². The van der Waals surface area contributed by atoms with Crippen LogP contribution in [0.1, 0.15) is 38.5 Å². The summed E-state index contributed by atoms with van der Waals surface area (Å²) in [5.74, 6) is -0.115. The maximum Gasteiger partial charge on any atom is 0.242 e. The van der Waals surface area contributed by atoms with Crippen molar-refractivity contribution >= 4 is 11.8 Å². The van der Waals surface area contributed by atoms with Gasteiger partial charge in [0.15, 0.2) is 0 Å². The number of rotatable bonds is 7. The highest BCUT2D eigenvalue weighted by molar-refractivity contribution is 5.90. The second kappa shape index (κ2) is 7.22. The van der Waals surface area contributed by atoms with Crippen LogP contribution >= 0.6 is 0 Å². The molecule has 5 heteroatoms. The van der Waals surface area contributed by atoms with E-state index in [2.05, 4.69) is 10.6 Å². The van der Waals surface area contributed by atoms with E-state index in [1.807, 2.05) is 0 Å².